The molecule has 3 heteroatoms. The highest BCUT2D eigenvalue weighted by Crippen LogP contribution is 2.49. The minimum atomic E-state index is -0.671. The largest absolute Gasteiger partial charge is 0.324 e. The molecule has 2 aromatic rings. The second-order valence-corrected chi connectivity index (χ2v) is 7.59. The molecule has 0 N–H and O–H groups in total. The summed E-state index contributed by atoms with van der Waals surface area (Å²) < 4.78 is 0. The normalized spacial score (nSPS) is 24.9. The molecule has 2 heterocycles. The standard InChI is InChI=1S/C22H21NO2/c1-21(2)15-23-20(25)18(16-9-5-3-6-10-16)13-22(23,14-19(21)24)17-11-7-4-8-12-17/h3-13H,14-15H2,1-2H3. The summed E-state index contributed by atoms with van der Waals surface area (Å²) in [6, 6.07) is 19.6. The van der Waals surface area contributed by atoms with Crippen molar-refractivity contribution < 1.29 is 9.59 Å². The Morgan fingerprint density at radius 1 is 0.880 bits per heavy atom. The summed E-state index contributed by atoms with van der Waals surface area (Å²) >= 11 is 0. The number of hydrogen-bond donors (Lipinski definition) is 0. The van der Waals surface area contributed by atoms with Gasteiger partial charge in [0.1, 0.15) is 5.78 Å². The first-order valence-electron chi connectivity index (χ1n) is 8.63. The highest BCUT2D eigenvalue weighted by atomic mass is 16.2. The van der Waals surface area contributed by atoms with E-state index in [1.807, 2.05) is 85.5 Å². The van der Waals surface area contributed by atoms with E-state index in [1.54, 1.807) is 0 Å². The molecule has 0 aromatic heterocycles. The van der Waals surface area contributed by atoms with Gasteiger partial charge >= 0.3 is 0 Å². The molecule has 0 spiro atoms. The Morgan fingerprint density at radius 3 is 2.12 bits per heavy atom. The predicted molar refractivity (Wildman–Crippen MR) is 97.7 cm³/mol. The molecule has 126 valence electrons. The predicted octanol–water partition coefficient (Wildman–Crippen LogP) is 3.81. The van der Waals surface area contributed by atoms with Gasteiger partial charge in [-0.2, -0.15) is 0 Å². The lowest BCUT2D eigenvalue weighted by molar-refractivity contribution is -0.144. The SMILES string of the molecule is CC1(C)CN2C(=O)C(c3ccccc3)=CC2(c2ccccc2)CC1=O. The van der Waals surface area contributed by atoms with Crippen LogP contribution in [-0.2, 0) is 15.1 Å². The molecule has 2 aliphatic heterocycles. The lowest BCUT2D eigenvalue weighted by atomic mass is 9.72. The zero-order valence-electron chi connectivity index (χ0n) is 14.5. The van der Waals surface area contributed by atoms with Crippen LogP contribution in [0, 0.1) is 5.41 Å². The number of nitrogens with zero attached hydrogens (tertiary/aromatic N) is 1. The van der Waals surface area contributed by atoms with Crippen LogP contribution in [0.2, 0.25) is 0 Å². The molecular formula is C22H21NO2. The molecule has 0 saturated carbocycles. The summed E-state index contributed by atoms with van der Waals surface area (Å²) in [5.41, 5.74) is 1.40. The van der Waals surface area contributed by atoms with Crippen molar-refractivity contribution in [1.82, 2.24) is 4.90 Å². The fraction of sp³-hybridized carbons (Fsp3) is 0.273. The first kappa shape index (κ1) is 15.8. The van der Waals surface area contributed by atoms with E-state index in [0.29, 0.717) is 18.5 Å². The van der Waals surface area contributed by atoms with Crippen LogP contribution in [-0.4, -0.2) is 23.1 Å². The summed E-state index contributed by atoms with van der Waals surface area (Å²) in [6.07, 6.45) is 2.33. The van der Waals surface area contributed by atoms with E-state index < -0.39 is 11.0 Å². The first-order valence-corrected chi connectivity index (χ1v) is 8.63. The second-order valence-electron chi connectivity index (χ2n) is 7.59. The Morgan fingerprint density at radius 2 is 1.48 bits per heavy atom. The van der Waals surface area contributed by atoms with Gasteiger partial charge in [0.25, 0.3) is 5.91 Å². The van der Waals surface area contributed by atoms with Gasteiger partial charge in [-0.1, -0.05) is 74.5 Å². The van der Waals surface area contributed by atoms with Crippen molar-refractivity contribution in [1.29, 1.82) is 0 Å². The van der Waals surface area contributed by atoms with Gasteiger partial charge in [0.15, 0.2) is 0 Å². The number of fused-ring (bicyclic) bond motifs is 1. The molecule has 1 unspecified atom stereocenters. The summed E-state index contributed by atoms with van der Waals surface area (Å²) in [6.45, 7) is 4.29. The first-order chi connectivity index (χ1) is 11.9. The van der Waals surface area contributed by atoms with Crippen LogP contribution in [0.3, 0.4) is 0 Å². The van der Waals surface area contributed by atoms with Crippen molar-refractivity contribution in [2.24, 2.45) is 5.41 Å². The van der Waals surface area contributed by atoms with Crippen molar-refractivity contribution in [3.63, 3.8) is 0 Å². The molecule has 0 bridgehead atoms. The molecule has 2 aromatic carbocycles. The highest BCUT2D eigenvalue weighted by molar-refractivity contribution is 6.23. The van der Waals surface area contributed by atoms with Crippen molar-refractivity contribution >= 4 is 17.3 Å². The molecule has 1 fully saturated rings. The van der Waals surface area contributed by atoms with E-state index in [-0.39, 0.29) is 11.7 Å². The van der Waals surface area contributed by atoms with Crippen molar-refractivity contribution in [3.05, 3.63) is 77.9 Å². The van der Waals surface area contributed by atoms with Gasteiger partial charge < -0.3 is 4.90 Å². The Kier molecular flexibility index (Phi) is 3.43. The summed E-state index contributed by atoms with van der Waals surface area (Å²) in [5.74, 6) is 0.210. The van der Waals surface area contributed by atoms with E-state index in [9.17, 15) is 9.59 Å². The summed E-state index contributed by atoms with van der Waals surface area (Å²) in [5, 5.41) is 0. The smallest absolute Gasteiger partial charge is 0.255 e. The Bertz CT molecular complexity index is 867. The molecule has 1 amide bonds. The van der Waals surface area contributed by atoms with E-state index in [4.69, 9.17) is 0 Å². The third kappa shape index (κ3) is 2.34. The number of Topliss-reactive ketones (excluding diaryl/α,β-unsaturated/α-hetero) is 1. The Hall–Kier alpha value is -2.68. The molecule has 3 nitrogen and oxygen atoms in total. The summed E-state index contributed by atoms with van der Waals surface area (Å²) in [4.78, 5) is 28.0. The van der Waals surface area contributed by atoms with E-state index in [0.717, 1.165) is 11.1 Å². The van der Waals surface area contributed by atoms with Crippen molar-refractivity contribution in [3.8, 4) is 0 Å². The van der Waals surface area contributed by atoms with Crippen LogP contribution in [0.25, 0.3) is 5.57 Å². The number of ketones is 1. The van der Waals surface area contributed by atoms with Crippen molar-refractivity contribution in [2.45, 2.75) is 25.8 Å². The average Bonchev–Trinajstić information content (AvgIpc) is 2.90. The van der Waals surface area contributed by atoms with Crippen molar-refractivity contribution in [2.75, 3.05) is 6.54 Å². The maximum absolute atomic E-state index is 13.3. The number of hydrogen-bond acceptors (Lipinski definition) is 2. The topological polar surface area (TPSA) is 37.4 Å². The quantitative estimate of drug-likeness (QED) is 0.839. The van der Waals surface area contributed by atoms with Crippen LogP contribution < -0.4 is 0 Å². The molecule has 4 rings (SSSR count). The van der Waals surface area contributed by atoms with Crippen LogP contribution in [0.15, 0.2) is 66.7 Å². The number of carbonyl (C=O) groups is 2. The molecule has 2 aliphatic rings. The van der Waals surface area contributed by atoms with Gasteiger partial charge in [-0.3, -0.25) is 9.59 Å². The van der Waals surface area contributed by atoms with Gasteiger partial charge in [0.05, 0.1) is 5.54 Å². The monoisotopic (exact) mass is 331 g/mol. The average molecular weight is 331 g/mol. The molecule has 25 heavy (non-hydrogen) atoms. The fourth-order valence-corrected chi connectivity index (χ4v) is 3.92. The number of rotatable bonds is 2. The zero-order chi connectivity index (χ0) is 17.7. The lowest BCUT2D eigenvalue weighted by Gasteiger charge is -2.47. The van der Waals surface area contributed by atoms with Gasteiger partial charge in [-0.05, 0) is 17.2 Å². The number of benzene rings is 2. The van der Waals surface area contributed by atoms with Gasteiger partial charge in [-0.25, -0.2) is 0 Å². The van der Waals surface area contributed by atoms with Gasteiger partial charge in [0, 0.05) is 24.0 Å². The van der Waals surface area contributed by atoms with E-state index >= 15 is 0 Å². The molecule has 1 atom stereocenters. The second kappa shape index (κ2) is 5.41. The van der Waals surface area contributed by atoms with Crippen LogP contribution >= 0.6 is 0 Å². The van der Waals surface area contributed by atoms with Crippen LogP contribution in [0.4, 0.5) is 0 Å². The van der Waals surface area contributed by atoms with Crippen LogP contribution in [0.5, 0.6) is 0 Å². The number of piperidine rings is 1. The lowest BCUT2D eigenvalue weighted by Crippen LogP contribution is -2.56. The zero-order valence-corrected chi connectivity index (χ0v) is 14.5. The Labute approximate surface area is 148 Å². The molecule has 1 saturated heterocycles. The number of carbonyl (C=O) groups excluding carboxylic acids is 2. The van der Waals surface area contributed by atoms with Gasteiger partial charge in [-0.15, -0.1) is 0 Å². The third-order valence-electron chi connectivity index (χ3n) is 5.44. The van der Waals surface area contributed by atoms with Gasteiger partial charge in [0.2, 0.25) is 0 Å². The van der Waals surface area contributed by atoms with E-state index in [2.05, 4.69) is 0 Å². The highest BCUT2D eigenvalue weighted by Gasteiger charge is 2.54. The minimum Gasteiger partial charge on any atom is -0.324 e. The number of amides is 1. The fourth-order valence-electron chi connectivity index (χ4n) is 3.92. The third-order valence-corrected chi connectivity index (χ3v) is 5.44. The maximum Gasteiger partial charge on any atom is 0.255 e. The summed E-state index contributed by atoms with van der Waals surface area (Å²) in [7, 11) is 0. The maximum atomic E-state index is 13.3. The van der Waals surface area contributed by atoms with Crippen LogP contribution in [0.1, 0.15) is 31.4 Å². The molecule has 0 aliphatic carbocycles. The minimum absolute atomic E-state index is 0.00984. The molecule has 0 radical (unpaired) electrons. The molecular weight excluding hydrogens is 310 g/mol. The Balaban J connectivity index is 1.91. The van der Waals surface area contributed by atoms with E-state index in [1.165, 1.54) is 0 Å².